The highest BCUT2D eigenvalue weighted by Crippen LogP contribution is 2.63. The van der Waals surface area contributed by atoms with Gasteiger partial charge in [-0.1, -0.05) is 33.8 Å². The maximum atomic E-state index is 5.00. The van der Waals surface area contributed by atoms with Crippen LogP contribution in [0.1, 0.15) is 74.6 Å². The lowest BCUT2D eigenvalue weighted by atomic mass is 9.47. The Kier molecular flexibility index (Phi) is 3.60. The van der Waals surface area contributed by atoms with Crippen LogP contribution in [-0.4, -0.2) is 15.0 Å². The molecule has 0 aromatic carbocycles. The summed E-state index contributed by atoms with van der Waals surface area (Å²) in [6.07, 6.45) is 9.28. The van der Waals surface area contributed by atoms with Crippen LogP contribution in [0.5, 0.6) is 0 Å². The minimum absolute atomic E-state index is 0.433. The first kappa shape index (κ1) is 19.0. The van der Waals surface area contributed by atoms with Crippen LogP contribution in [0.3, 0.4) is 0 Å². The lowest BCUT2D eigenvalue weighted by Gasteiger charge is -2.57. The Hall–Kier alpha value is -2.55. The summed E-state index contributed by atoms with van der Waals surface area (Å²) in [5.41, 5.74) is 10.7. The van der Waals surface area contributed by atoms with Crippen molar-refractivity contribution in [3.8, 4) is 22.8 Å². The third-order valence-electron chi connectivity index (χ3n) is 9.95. The van der Waals surface area contributed by atoms with E-state index in [0.717, 1.165) is 34.6 Å². The molecule has 4 atom stereocenters. The molecule has 3 aromatic rings. The maximum absolute atomic E-state index is 5.00. The molecule has 3 heterocycles. The highest BCUT2D eigenvalue weighted by atomic mass is 14.8. The van der Waals surface area contributed by atoms with Crippen LogP contribution in [0.4, 0.5) is 0 Å². The predicted molar refractivity (Wildman–Crippen MR) is 127 cm³/mol. The van der Waals surface area contributed by atoms with Crippen molar-refractivity contribution >= 4 is 0 Å². The smallest absolute Gasteiger partial charge is 0.0894 e. The van der Waals surface area contributed by atoms with Gasteiger partial charge in [-0.25, -0.2) is 4.98 Å². The second-order valence-corrected chi connectivity index (χ2v) is 12.0. The molecule has 0 aliphatic heterocycles. The summed E-state index contributed by atoms with van der Waals surface area (Å²) in [6.45, 7) is 9.68. The monoisotopic (exact) mass is 421 g/mol. The minimum Gasteiger partial charge on any atom is -0.254 e. The third kappa shape index (κ3) is 2.40. The molecule has 0 radical (unpaired) electrons. The van der Waals surface area contributed by atoms with Gasteiger partial charge in [-0.2, -0.15) is 0 Å². The highest BCUT2D eigenvalue weighted by Gasteiger charge is 2.53. The molecule has 3 heteroatoms. The van der Waals surface area contributed by atoms with Crippen molar-refractivity contribution in [3.63, 3.8) is 0 Å². The van der Waals surface area contributed by atoms with Gasteiger partial charge in [-0.3, -0.25) is 9.97 Å². The molecule has 3 nitrogen and oxygen atoms in total. The zero-order valence-electron chi connectivity index (χ0n) is 19.5. The van der Waals surface area contributed by atoms with Gasteiger partial charge in [0.15, 0.2) is 0 Å². The molecule has 0 spiro atoms. The zero-order chi connectivity index (χ0) is 21.8. The van der Waals surface area contributed by atoms with E-state index in [9.17, 15) is 0 Å². The Bertz CT molecular complexity index is 1180. The number of pyridine rings is 3. The summed E-state index contributed by atoms with van der Waals surface area (Å²) in [7, 11) is 0. The minimum atomic E-state index is 0.433. The molecular weight excluding hydrogens is 390 g/mol. The molecule has 0 amide bonds. The lowest BCUT2D eigenvalue weighted by Crippen LogP contribution is -2.48. The normalized spacial score (nSPS) is 29.9. The molecule has 4 bridgehead atoms. The maximum Gasteiger partial charge on any atom is 0.0894 e. The van der Waals surface area contributed by atoms with Crippen LogP contribution < -0.4 is 0 Å². The van der Waals surface area contributed by atoms with E-state index in [2.05, 4.69) is 70.4 Å². The van der Waals surface area contributed by atoms with Gasteiger partial charge >= 0.3 is 0 Å². The van der Waals surface area contributed by atoms with Crippen LogP contribution in [0, 0.1) is 22.7 Å². The van der Waals surface area contributed by atoms with Crippen molar-refractivity contribution in [2.45, 2.75) is 65.2 Å². The van der Waals surface area contributed by atoms with Gasteiger partial charge in [0.2, 0.25) is 0 Å². The van der Waals surface area contributed by atoms with Gasteiger partial charge in [0.1, 0.15) is 0 Å². The first-order valence-corrected chi connectivity index (χ1v) is 12.3. The van der Waals surface area contributed by atoms with E-state index < -0.39 is 0 Å². The summed E-state index contributed by atoms with van der Waals surface area (Å²) >= 11 is 0. The quantitative estimate of drug-likeness (QED) is 0.469. The summed E-state index contributed by atoms with van der Waals surface area (Å²) in [6, 6.07) is 10.9. The first-order valence-electron chi connectivity index (χ1n) is 12.3. The van der Waals surface area contributed by atoms with Crippen molar-refractivity contribution in [2.24, 2.45) is 22.7 Å². The van der Waals surface area contributed by atoms with E-state index in [1.165, 1.54) is 47.9 Å². The molecule has 0 N–H and O–H groups in total. The van der Waals surface area contributed by atoms with Gasteiger partial charge in [-0.05, 0) is 107 Å². The molecule has 2 fully saturated rings. The fourth-order valence-corrected chi connectivity index (χ4v) is 7.31. The molecule has 0 saturated heterocycles. The van der Waals surface area contributed by atoms with Crippen LogP contribution >= 0.6 is 0 Å². The molecule has 2 saturated carbocycles. The lowest BCUT2D eigenvalue weighted by molar-refractivity contribution is 0.0183. The SMILES string of the molecule is CC1(C)[C@H]2Cc3cc(-c4cccc(-c5cc6c(cn5)[C@@H]5C[C@H](C6)C5(C)C)n4)ncc3[C@@H]1C2. The molecular formula is C29H31N3. The van der Waals surface area contributed by atoms with E-state index in [-0.39, 0.29) is 0 Å². The van der Waals surface area contributed by atoms with E-state index in [1.54, 1.807) is 0 Å². The third-order valence-corrected chi connectivity index (χ3v) is 9.95. The van der Waals surface area contributed by atoms with E-state index >= 15 is 0 Å². The highest BCUT2D eigenvalue weighted by molar-refractivity contribution is 5.64. The zero-order valence-corrected chi connectivity index (χ0v) is 19.5. The van der Waals surface area contributed by atoms with Crippen molar-refractivity contribution in [2.75, 3.05) is 0 Å². The van der Waals surface area contributed by atoms with E-state index in [4.69, 9.17) is 15.0 Å². The fourth-order valence-electron chi connectivity index (χ4n) is 7.31. The summed E-state index contributed by atoms with van der Waals surface area (Å²) in [5.74, 6) is 2.97. The standard InChI is InChI=1S/C29H31N3/c1-28(2)18-8-16-10-26(30-14-20(16)22(28)12-18)24-6-5-7-25(32-24)27-11-17-9-19-13-23(29(19,3)4)21(17)15-31-27/h5-7,10-11,14-15,18-19,22-23H,8-9,12-13H2,1-4H3/t18-,19-,22-,23-/m0/s1. The fraction of sp³-hybridized carbons (Fsp3) is 0.483. The number of aromatic nitrogens is 3. The number of nitrogens with zero attached hydrogens (tertiary/aromatic N) is 3. The van der Waals surface area contributed by atoms with Gasteiger partial charge in [0.05, 0.1) is 22.8 Å². The number of hydrogen-bond acceptors (Lipinski definition) is 3. The van der Waals surface area contributed by atoms with Crippen molar-refractivity contribution in [1.29, 1.82) is 0 Å². The van der Waals surface area contributed by atoms with E-state index in [1.807, 2.05) is 0 Å². The predicted octanol–water partition coefficient (Wildman–Crippen LogP) is 6.58. The Balaban J connectivity index is 1.22. The first-order chi connectivity index (χ1) is 15.3. The molecule has 0 unspecified atom stereocenters. The number of rotatable bonds is 2. The van der Waals surface area contributed by atoms with Crippen LogP contribution in [0.2, 0.25) is 0 Å². The molecule has 3 aromatic heterocycles. The summed E-state index contributed by atoms with van der Waals surface area (Å²) < 4.78 is 0. The van der Waals surface area contributed by atoms with Crippen molar-refractivity contribution in [1.82, 2.24) is 15.0 Å². The summed E-state index contributed by atoms with van der Waals surface area (Å²) in [4.78, 5) is 14.7. The Morgan fingerprint density at radius 2 is 1.16 bits per heavy atom. The summed E-state index contributed by atoms with van der Waals surface area (Å²) in [5, 5.41) is 0. The molecule has 6 aliphatic rings. The second kappa shape index (κ2) is 6.07. The molecule has 9 rings (SSSR count). The van der Waals surface area contributed by atoms with Gasteiger partial charge in [0.25, 0.3) is 0 Å². The van der Waals surface area contributed by atoms with Gasteiger partial charge in [-0.15, -0.1) is 0 Å². The number of hydrogen-bond donors (Lipinski definition) is 0. The van der Waals surface area contributed by atoms with Crippen LogP contribution in [-0.2, 0) is 12.8 Å². The van der Waals surface area contributed by atoms with Crippen molar-refractivity contribution < 1.29 is 0 Å². The van der Waals surface area contributed by atoms with E-state index in [0.29, 0.717) is 22.7 Å². The molecule has 162 valence electrons. The molecule has 6 aliphatic carbocycles. The second-order valence-electron chi connectivity index (χ2n) is 12.0. The van der Waals surface area contributed by atoms with Crippen LogP contribution in [0.15, 0.2) is 42.7 Å². The van der Waals surface area contributed by atoms with Gasteiger partial charge in [0, 0.05) is 12.4 Å². The molecule has 32 heavy (non-hydrogen) atoms. The Labute approximate surface area is 190 Å². The Morgan fingerprint density at radius 1 is 0.688 bits per heavy atom. The van der Waals surface area contributed by atoms with Gasteiger partial charge < -0.3 is 0 Å². The largest absolute Gasteiger partial charge is 0.254 e. The van der Waals surface area contributed by atoms with Crippen LogP contribution in [0.25, 0.3) is 22.8 Å². The Morgan fingerprint density at radius 3 is 1.59 bits per heavy atom. The average Bonchev–Trinajstić information content (AvgIpc) is 2.82. The topological polar surface area (TPSA) is 38.7 Å². The van der Waals surface area contributed by atoms with Crippen molar-refractivity contribution in [3.05, 3.63) is 65.0 Å². The average molecular weight is 422 g/mol.